The van der Waals surface area contributed by atoms with Gasteiger partial charge < -0.3 is 14.6 Å². The van der Waals surface area contributed by atoms with E-state index in [9.17, 15) is 4.79 Å². The lowest BCUT2D eigenvalue weighted by atomic mass is 10.1. The molecule has 0 bridgehead atoms. The maximum atomic E-state index is 12.4. The Bertz CT molecular complexity index is 931. The molecule has 0 radical (unpaired) electrons. The van der Waals surface area contributed by atoms with Crippen molar-refractivity contribution in [2.24, 2.45) is 0 Å². The van der Waals surface area contributed by atoms with Crippen LogP contribution in [0.3, 0.4) is 0 Å². The van der Waals surface area contributed by atoms with Crippen LogP contribution in [0.1, 0.15) is 41.1 Å². The number of amides is 1. The molecule has 3 aromatic rings. The summed E-state index contributed by atoms with van der Waals surface area (Å²) in [6.07, 6.45) is 0.322. The second-order valence-electron chi connectivity index (χ2n) is 6.76. The van der Waals surface area contributed by atoms with Crippen LogP contribution in [0, 0.1) is 13.8 Å². The Morgan fingerprint density at radius 1 is 1.21 bits per heavy atom. The molecule has 28 heavy (non-hydrogen) atoms. The maximum Gasteiger partial charge on any atom is 0.224 e. The molecule has 1 heterocycles. The number of halogens is 1. The molecule has 1 atom stereocenters. The van der Waals surface area contributed by atoms with E-state index in [1.54, 1.807) is 0 Å². The monoisotopic (exact) mass is 442 g/mol. The summed E-state index contributed by atoms with van der Waals surface area (Å²) >= 11 is 3.46. The van der Waals surface area contributed by atoms with Crippen LogP contribution in [0.2, 0.25) is 0 Å². The number of nitrogens with one attached hydrogen (secondary N) is 1. The van der Waals surface area contributed by atoms with Gasteiger partial charge in [-0.2, -0.15) is 0 Å². The molecule has 0 saturated heterocycles. The number of ether oxygens (including phenoxy) is 1. The summed E-state index contributed by atoms with van der Waals surface area (Å²) < 4.78 is 11.9. The van der Waals surface area contributed by atoms with Crippen LogP contribution in [0.15, 0.2) is 57.5 Å². The molecule has 1 unspecified atom stereocenters. The number of carbonyl (C=O) groups is 1. The first-order chi connectivity index (χ1) is 13.4. The summed E-state index contributed by atoms with van der Waals surface area (Å²) in [6.45, 7) is 6.15. The molecule has 146 valence electrons. The average Bonchev–Trinajstić information content (AvgIpc) is 2.99. The van der Waals surface area contributed by atoms with Crippen LogP contribution in [-0.4, -0.2) is 11.1 Å². The number of hydrogen-bond donors (Lipinski definition) is 1. The lowest BCUT2D eigenvalue weighted by Crippen LogP contribution is -2.28. The van der Waals surface area contributed by atoms with E-state index in [2.05, 4.69) is 26.4 Å². The number of aromatic nitrogens is 1. The zero-order valence-corrected chi connectivity index (χ0v) is 17.7. The van der Waals surface area contributed by atoms with Crippen LogP contribution in [-0.2, 0) is 17.8 Å². The highest BCUT2D eigenvalue weighted by Crippen LogP contribution is 2.20. The van der Waals surface area contributed by atoms with Crippen molar-refractivity contribution < 1.29 is 14.1 Å². The first-order valence-corrected chi connectivity index (χ1v) is 9.90. The Labute approximate surface area is 173 Å². The molecule has 0 aliphatic carbocycles. The van der Waals surface area contributed by atoms with Crippen molar-refractivity contribution in [1.29, 1.82) is 0 Å². The molecule has 6 heteroatoms. The van der Waals surface area contributed by atoms with E-state index in [1.165, 1.54) is 0 Å². The number of carbonyl (C=O) groups excluding carboxylic acids is 1. The summed E-state index contributed by atoms with van der Waals surface area (Å²) in [5.41, 5.74) is 3.80. The van der Waals surface area contributed by atoms with Gasteiger partial charge in [-0.15, -0.1) is 0 Å². The third-order valence-electron chi connectivity index (χ3n) is 4.58. The van der Waals surface area contributed by atoms with Gasteiger partial charge in [-0.1, -0.05) is 45.4 Å². The number of rotatable bonds is 7. The fourth-order valence-electron chi connectivity index (χ4n) is 2.90. The Morgan fingerprint density at radius 3 is 2.61 bits per heavy atom. The minimum Gasteiger partial charge on any atom is -0.489 e. The molecule has 0 saturated carbocycles. The predicted molar refractivity (Wildman–Crippen MR) is 111 cm³/mol. The minimum atomic E-state index is -0.0531. The van der Waals surface area contributed by atoms with Gasteiger partial charge in [-0.05, 0) is 56.2 Å². The summed E-state index contributed by atoms with van der Waals surface area (Å²) in [7, 11) is 0. The van der Waals surface area contributed by atoms with Gasteiger partial charge in [-0.25, -0.2) is 0 Å². The smallest absolute Gasteiger partial charge is 0.224 e. The summed E-state index contributed by atoms with van der Waals surface area (Å²) in [5.74, 6) is 1.49. The SMILES string of the molecule is Cc1noc(C)c1COc1ccc(CC(=O)NC(C)c2cccc(Br)c2)cc1. The van der Waals surface area contributed by atoms with Crippen molar-refractivity contribution in [1.82, 2.24) is 10.5 Å². The summed E-state index contributed by atoms with van der Waals surface area (Å²) in [4.78, 5) is 12.4. The molecule has 1 N–H and O–H groups in total. The molecule has 0 aliphatic heterocycles. The van der Waals surface area contributed by atoms with Crippen molar-refractivity contribution in [3.8, 4) is 5.75 Å². The topological polar surface area (TPSA) is 64.4 Å². The molecular formula is C22H23BrN2O3. The highest BCUT2D eigenvalue weighted by molar-refractivity contribution is 9.10. The molecule has 1 amide bonds. The van der Waals surface area contributed by atoms with E-state index in [4.69, 9.17) is 9.26 Å². The quantitative estimate of drug-likeness (QED) is 0.555. The molecule has 2 aromatic carbocycles. The molecular weight excluding hydrogens is 420 g/mol. The lowest BCUT2D eigenvalue weighted by molar-refractivity contribution is -0.121. The molecule has 5 nitrogen and oxygen atoms in total. The summed E-state index contributed by atoms with van der Waals surface area (Å²) in [6, 6.07) is 15.4. The lowest BCUT2D eigenvalue weighted by Gasteiger charge is -2.15. The van der Waals surface area contributed by atoms with Crippen LogP contribution in [0.4, 0.5) is 0 Å². The van der Waals surface area contributed by atoms with E-state index in [0.717, 1.165) is 38.4 Å². The molecule has 0 fully saturated rings. The number of benzene rings is 2. The van der Waals surface area contributed by atoms with Crippen LogP contribution in [0.5, 0.6) is 5.75 Å². The fourth-order valence-corrected chi connectivity index (χ4v) is 3.32. The van der Waals surface area contributed by atoms with Crippen molar-refractivity contribution in [2.45, 2.75) is 39.8 Å². The van der Waals surface area contributed by atoms with E-state index in [1.807, 2.05) is 69.3 Å². The molecule has 0 aliphatic rings. The first-order valence-electron chi connectivity index (χ1n) is 9.10. The third kappa shape index (κ3) is 5.23. The van der Waals surface area contributed by atoms with E-state index in [0.29, 0.717) is 13.0 Å². The van der Waals surface area contributed by atoms with Gasteiger partial charge in [0.15, 0.2) is 0 Å². The Balaban J connectivity index is 1.53. The number of hydrogen-bond acceptors (Lipinski definition) is 4. The number of aryl methyl sites for hydroxylation is 2. The van der Waals surface area contributed by atoms with Gasteiger partial charge in [0.1, 0.15) is 18.1 Å². The zero-order chi connectivity index (χ0) is 20.1. The molecule has 1 aromatic heterocycles. The predicted octanol–water partition coefficient (Wildman–Crippen LogP) is 5.05. The van der Waals surface area contributed by atoms with E-state index < -0.39 is 0 Å². The Kier molecular flexibility index (Phi) is 6.52. The van der Waals surface area contributed by atoms with Crippen molar-refractivity contribution in [2.75, 3.05) is 0 Å². The van der Waals surface area contributed by atoms with Gasteiger partial charge >= 0.3 is 0 Å². The van der Waals surface area contributed by atoms with Gasteiger partial charge in [0, 0.05) is 4.47 Å². The first kappa shape index (κ1) is 20.1. The van der Waals surface area contributed by atoms with Crippen LogP contribution < -0.4 is 10.1 Å². The molecule has 0 spiro atoms. The highest BCUT2D eigenvalue weighted by atomic mass is 79.9. The van der Waals surface area contributed by atoms with Crippen molar-refractivity contribution in [3.05, 3.63) is 81.1 Å². The third-order valence-corrected chi connectivity index (χ3v) is 5.07. The van der Waals surface area contributed by atoms with E-state index >= 15 is 0 Å². The molecule has 3 rings (SSSR count). The maximum absolute atomic E-state index is 12.4. The fraction of sp³-hybridized carbons (Fsp3) is 0.273. The second kappa shape index (κ2) is 9.06. The van der Waals surface area contributed by atoms with Gasteiger partial charge in [0.05, 0.1) is 23.7 Å². The minimum absolute atomic E-state index is 0.0168. The standard InChI is InChI=1S/C22H23BrN2O3/c1-14(18-5-4-6-19(23)12-18)24-22(26)11-17-7-9-20(10-8-17)27-13-21-15(2)25-28-16(21)3/h4-10,12,14H,11,13H2,1-3H3,(H,24,26). The van der Waals surface area contributed by atoms with Crippen molar-refractivity contribution in [3.63, 3.8) is 0 Å². The highest BCUT2D eigenvalue weighted by Gasteiger charge is 2.12. The van der Waals surface area contributed by atoms with Crippen LogP contribution >= 0.6 is 15.9 Å². The van der Waals surface area contributed by atoms with Gasteiger partial charge in [0.2, 0.25) is 5.91 Å². The van der Waals surface area contributed by atoms with Crippen LogP contribution in [0.25, 0.3) is 0 Å². The van der Waals surface area contributed by atoms with Gasteiger partial charge in [0.25, 0.3) is 0 Å². The zero-order valence-electron chi connectivity index (χ0n) is 16.2. The van der Waals surface area contributed by atoms with E-state index in [-0.39, 0.29) is 11.9 Å². The number of nitrogens with zero attached hydrogens (tertiary/aromatic N) is 1. The van der Waals surface area contributed by atoms with Gasteiger partial charge in [-0.3, -0.25) is 4.79 Å². The average molecular weight is 443 g/mol. The Morgan fingerprint density at radius 2 is 1.96 bits per heavy atom. The normalized spacial score (nSPS) is 11.9. The second-order valence-corrected chi connectivity index (χ2v) is 7.67. The summed E-state index contributed by atoms with van der Waals surface area (Å²) in [5, 5.41) is 6.96. The largest absolute Gasteiger partial charge is 0.489 e. The van der Waals surface area contributed by atoms with Crippen molar-refractivity contribution >= 4 is 21.8 Å². The Hall–Kier alpha value is -2.60.